The van der Waals surface area contributed by atoms with E-state index >= 15 is 0 Å². The Morgan fingerprint density at radius 2 is 2.00 bits per heavy atom. The van der Waals surface area contributed by atoms with Crippen LogP contribution >= 0.6 is 0 Å². The van der Waals surface area contributed by atoms with E-state index in [2.05, 4.69) is 20.1 Å². The molecule has 0 saturated carbocycles. The first-order valence-corrected chi connectivity index (χ1v) is 8.17. The van der Waals surface area contributed by atoms with Crippen LogP contribution in [-0.4, -0.2) is 54.7 Å². The van der Waals surface area contributed by atoms with Crippen molar-refractivity contribution in [3.05, 3.63) is 18.2 Å². The normalized spacial score (nSPS) is 16.7. The fourth-order valence-corrected chi connectivity index (χ4v) is 2.51. The molecule has 2 aliphatic rings. The number of carbonyl (C=O) groups excluding carboxylic acids is 4. The molecule has 12 heteroatoms. The molecular weight excluding hydrogens is 384 g/mol. The molecule has 2 N–H and O–H groups in total. The van der Waals surface area contributed by atoms with E-state index in [0.29, 0.717) is 0 Å². The summed E-state index contributed by atoms with van der Waals surface area (Å²) in [5.74, 6) is -2.15. The van der Waals surface area contributed by atoms with Gasteiger partial charge in [0, 0.05) is 24.7 Å². The van der Waals surface area contributed by atoms with Crippen molar-refractivity contribution in [3.8, 4) is 11.5 Å². The van der Waals surface area contributed by atoms with Crippen molar-refractivity contribution < 1.29 is 42.2 Å². The minimum atomic E-state index is -3.76. The first-order chi connectivity index (χ1) is 13.2. The number of benzene rings is 1. The monoisotopic (exact) mass is 399 g/mol. The molecule has 0 spiro atoms. The van der Waals surface area contributed by atoms with Gasteiger partial charge in [0.25, 0.3) is 5.91 Å². The molecule has 0 radical (unpaired) electrons. The predicted molar refractivity (Wildman–Crippen MR) is 86.6 cm³/mol. The molecule has 3 rings (SSSR count). The van der Waals surface area contributed by atoms with Gasteiger partial charge < -0.3 is 24.8 Å². The number of alkyl halides is 2. The number of hydrogen-bond acceptors (Lipinski definition) is 7. The summed E-state index contributed by atoms with van der Waals surface area (Å²) in [7, 11) is 0. The maximum Gasteiger partial charge on any atom is 0.586 e. The number of imide groups is 1. The summed E-state index contributed by atoms with van der Waals surface area (Å²) in [6, 6.07) is 3.16. The largest absolute Gasteiger partial charge is 0.586 e. The molecule has 4 amide bonds. The summed E-state index contributed by atoms with van der Waals surface area (Å²) in [6.45, 7) is -0.596. The van der Waals surface area contributed by atoms with Crippen molar-refractivity contribution in [1.29, 1.82) is 0 Å². The highest BCUT2D eigenvalue weighted by Crippen LogP contribution is 2.42. The van der Waals surface area contributed by atoms with Gasteiger partial charge in [-0.15, -0.1) is 8.78 Å². The number of halogens is 2. The number of ether oxygens (including phenoxy) is 3. The highest BCUT2D eigenvalue weighted by Gasteiger charge is 2.43. The molecule has 2 heterocycles. The Morgan fingerprint density at radius 1 is 1.25 bits per heavy atom. The van der Waals surface area contributed by atoms with Crippen LogP contribution in [0.2, 0.25) is 0 Å². The molecule has 1 aromatic rings. The van der Waals surface area contributed by atoms with Crippen molar-refractivity contribution in [2.75, 3.05) is 25.0 Å². The molecule has 0 aliphatic carbocycles. The minimum absolute atomic E-state index is 0.0633. The van der Waals surface area contributed by atoms with Crippen molar-refractivity contribution in [1.82, 2.24) is 10.2 Å². The molecule has 2 aliphatic heterocycles. The van der Waals surface area contributed by atoms with Crippen molar-refractivity contribution in [3.63, 3.8) is 0 Å². The fourth-order valence-electron chi connectivity index (χ4n) is 2.51. The number of anilines is 1. The molecular formula is C16H15F2N3O7. The third-order valence-corrected chi connectivity index (χ3v) is 3.75. The minimum Gasteiger partial charge on any atom is -0.456 e. The lowest BCUT2D eigenvalue weighted by Gasteiger charge is -2.11. The number of amides is 4. The first kappa shape index (κ1) is 19.3. The van der Waals surface area contributed by atoms with E-state index < -0.39 is 30.8 Å². The Balaban J connectivity index is 1.38. The average Bonchev–Trinajstić information content (AvgIpc) is 3.10. The zero-order chi connectivity index (χ0) is 20.3. The summed E-state index contributed by atoms with van der Waals surface area (Å²) >= 11 is 0. The topological polar surface area (TPSA) is 123 Å². The van der Waals surface area contributed by atoms with E-state index in [1.54, 1.807) is 0 Å². The second-order valence-electron chi connectivity index (χ2n) is 5.85. The zero-order valence-electron chi connectivity index (χ0n) is 14.3. The number of hydrogen-bond donors (Lipinski definition) is 2. The Hall–Kier alpha value is -3.44. The van der Waals surface area contributed by atoms with Crippen molar-refractivity contribution >= 4 is 29.5 Å². The number of esters is 1. The molecule has 0 aromatic heterocycles. The third kappa shape index (κ3) is 4.64. The molecule has 0 bridgehead atoms. The SMILES string of the molecule is O=C(COC(=O)CCCN1C(=O)CNC1=O)Nc1ccc2c(c1)OC(F)(F)O2. The number of fused-ring (bicyclic) bond motifs is 1. The quantitative estimate of drug-likeness (QED) is 0.514. The number of nitrogens with one attached hydrogen (secondary N) is 2. The molecule has 0 atom stereocenters. The van der Waals surface area contributed by atoms with E-state index in [1.807, 2.05) is 0 Å². The van der Waals surface area contributed by atoms with Crippen LogP contribution in [0.4, 0.5) is 19.3 Å². The summed E-state index contributed by atoms with van der Waals surface area (Å²) in [5, 5.41) is 4.72. The molecule has 28 heavy (non-hydrogen) atoms. The lowest BCUT2D eigenvalue weighted by atomic mass is 10.3. The van der Waals surface area contributed by atoms with Gasteiger partial charge >= 0.3 is 18.3 Å². The van der Waals surface area contributed by atoms with Gasteiger partial charge in [-0.2, -0.15) is 0 Å². The van der Waals surface area contributed by atoms with Crippen LogP contribution in [0.25, 0.3) is 0 Å². The van der Waals surface area contributed by atoms with Crippen LogP contribution < -0.4 is 20.1 Å². The molecule has 1 fully saturated rings. The Labute approximate surface area is 156 Å². The average molecular weight is 399 g/mol. The second-order valence-corrected chi connectivity index (χ2v) is 5.85. The van der Waals surface area contributed by atoms with Gasteiger partial charge in [0.2, 0.25) is 5.91 Å². The van der Waals surface area contributed by atoms with Crippen LogP contribution in [0.1, 0.15) is 12.8 Å². The van der Waals surface area contributed by atoms with E-state index in [1.165, 1.54) is 12.1 Å². The van der Waals surface area contributed by atoms with E-state index in [0.717, 1.165) is 11.0 Å². The van der Waals surface area contributed by atoms with Gasteiger partial charge in [-0.25, -0.2) is 4.79 Å². The molecule has 0 unspecified atom stereocenters. The van der Waals surface area contributed by atoms with Gasteiger partial charge in [0.15, 0.2) is 18.1 Å². The van der Waals surface area contributed by atoms with Crippen LogP contribution in [-0.2, 0) is 19.1 Å². The summed E-state index contributed by atoms with van der Waals surface area (Å²) in [4.78, 5) is 47.1. The maximum absolute atomic E-state index is 13.0. The predicted octanol–water partition coefficient (Wildman–Crippen LogP) is 0.822. The summed E-state index contributed by atoms with van der Waals surface area (Å²) < 4.78 is 39.2. The van der Waals surface area contributed by atoms with Crippen LogP contribution in [0.15, 0.2) is 18.2 Å². The molecule has 1 saturated heterocycles. The number of nitrogens with zero attached hydrogens (tertiary/aromatic N) is 1. The van der Waals surface area contributed by atoms with Gasteiger partial charge in [-0.1, -0.05) is 0 Å². The number of urea groups is 1. The van der Waals surface area contributed by atoms with Crippen molar-refractivity contribution in [2.24, 2.45) is 0 Å². The first-order valence-electron chi connectivity index (χ1n) is 8.17. The Morgan fingerprint density at radius 3 is 2.71 bits per heavy atom. The fraction of sp³-hybridized carbons (Fsp3) is 0.375. The highest BCUT2D eigenvalue weighted by molar-refractivity contribution is 6.01. The van der Waals surface area contributed by atoms with Gasteiger partial charge in [0.1, 0.15) is 0 Å². The second kappa shape index (κ2) is 7.66. The smallest absolute Gasteiger partial charge is 0.456 e. The van der Waals surface area contributed by atoms with Gasteiger partial charge in [0.05, 0.1) is 6.54 Å². The lowest BCUT2D eigenvalue weighted by Crippen LogP contribution is -2.32. The van der Waals surface area contributed by atoms with Crippen LogP contribution in [0, 0.1) is 0 Å². The highest BCUT2D eigenvalue weighted by atomic mass is 19.3. The van der Waals surface area contributed by atoms with Crippen molar-refractivity contribution in [2.45, 2.75) is 19.1 Å². The van der Waals surface area contributed by atoms with E-state index in [9.17, 15) is 28.0 Å². The van der Waals surface area contributed by atoms with E-state index in [4.69, 9.17) is 4.74 Å². The number of rotatable bonds is 7. The Kier molecular flexibility index (Phi) is 5.29. The summed E-state index contributed by atoms with van der Waals surface area (Å²) in [5.41, 5.74) is 0.152. The van der Waals surface area contributed by atoms with E-state index in [-0.39, 0.29) is 49.0 Å². The maximum atomic E-state index is 13.0. The number of carbonyl (C=O) groups is 4. The molecule has 150 valence electrons. The standard InChI is InChI=1S/C16H15F2N3O7/c17-16(18)27-10-4-3-9(6-11(10)28-16)20-12(22)8-26-14(24)2-1-5-21-13(23)7-19-15(21)25/h3-4,6H,1-2,5,7-8H2,(H,19,25)(H,20,22). The lowest BCUT2D eigenvalue weighted by molar-refractivity contribution is -0.286. The molecule has 1 aromatic carbocycles. The summed E-state index contributed by atoms with van der Waals surface area (Å²) in [6.07, 6.45) is -3.67. The Bertz CT molecular complexity index is 814. The zero-order valence-corrected chi connectivity index (χ0v) is 14.3. The van der Waals surface area contributed by atoms with Gasteiger partial charge in [-0.3, -0.25) is 19.3 Å². The van der Waals surface area contributed by atoms with Gasteiger partial charge in [-0.05, 0) is 18.6 Å². The molecule has 10 nitrogen and oxygen atoms in total. The third-order valence-electron chi connectivity index (χ3n) is 3.75. The van der Waals surface area contributed by atoms with Crippen LogP contribution in [0.3, 0.4) is 0 Å². The van der Waals surface area contributed by atoms with Crippen LogP contribution in [0.5, 0.6) is 11.5 Å².